The van der Waals surface area contributed by atoms with E-state index >= 15 is 0 Å². The minimum Gasteiger partial charge on any atom is -0.462 e. The summed E-state index contributed by atoms with van der Waals surface area (Å²) >= 11 is 6.17. The normalized spacial score (nSPS) is 10.5. The molecule has 0 saturated carbocycles. The van der Waals surface area contributed by atoms with Crippen LogP contribution in [0.3, 0.4) is 0 Å². The van der Waals surface area contributed by atoms with Crippen LogP contribution in [0.25, 0.3) is 0 Å². The fourth-order valence-electron chi connectivity index (χ4n) is 2.81. The third-order valence-electron chi connectivity index (χ3n) is 4.25. The average molecular weight is 443 g/mol. The van der Waals surface area contributed by atoms with Gasteiger partial charge in [-0.05, 0) is 68.3 Å². The third kappa shape index (κ3) is 5.07. The molecule has 0 unspecified atom stereocenters. The van der Waals surface area contributed by atoms with Crippen molar-refractivity contribution >= 4 is 34.8 Å². The number of carbonyl (C=O) groups is 1. The van der Waals surface area contributed by atoms with Crippen LogP contribution in [-0.4, -0.2) is 27.5 Å². The highest BCUT2D eigenvalue weighted by Gasteiger charge is 2.25. The van der Waals surface area contributed by atoms with Gasteiger partial charge in [-0.2, -0.15) is 4.98 Å². The number of hydrogen-bond donors (Lipinski definition) is 1. The van der Waals surface area contributed by atoms with E-state index in [-0.39, 0.29) is 18.3 Å². The van der Waals surface area contributed by atoms with E-state index in [1.807, 2.05) is 13.8 Å². The van der Waals surface area contributed by atoms with Gasteiger partial charge in [-0.25, -0.2) is 9.78 Å². The molecule has 0 atom stereocenters. The molecule has 3 aromatic rings. The summed E-state index contributed by atoms with van der Waals surface area (Å²) in [4.78, 5) is 30.8. The Labute approximate surface area is 183 Å². The zero-order chi connectivity index (χ0) is 22.5. The van der Waals surface area contributed by atoms with E-state index in [0.29, 0.717) is 22.0 Å². The summed E-state index contributed by atoms with van der Waals surface area (Å²) in [5.41, 5.74) is 1.96. The maximum atomic E-state index is 11.8. The van der Waals surface area contributed by atoms with Gasteiger partial charge in [0, 0.05) is 10.7 Å². The summed E-state index contributed by atoms with van der Waals surface area (Å²) in [6, 6.07) is 9.61. The molecule has 1 aromatic heterocycles. The Kier molecular flexibility index (Phi) is 6.66. The smallest absolute Gasteiger partial charge is 0.373 e. The number of ether oxygens (including phenoxy) is 2. The van der Waals surface area contributed by atoms with Gasteiger partial charge in [-0.1, -0.05) is 11.6 Å². The van der Waals surface area contributed by atoms with E-state index in [0.717, 1.165) is 17.5 Å². The number of aromatic nitrogens is 2. The Morgan fingerprint density at radius 1 is 1.16 bits per heavy atom. The third-order valence-corrected chi connectivity index (χ3v) is 4.85. The van der Waals surface area contributed by atoms with Gasteiger partial charge in [0.1, 0.15) is 12.1 Å². The lowest BCUT2D eigenvalue weighted by atomic mass is 10.1. The molecule has 0 fully saturated rings. The van der Waals surface area contributed by atoms with Crippen molar-refractivity contribution in [3.63, 3.8) is 0 Å². The number of halogens is 1. The number of anilines is 2. The predicted molar refractivity (Wildman–Crippen MR) is 115 cm³/mol. The quantitative estimate of drug-likeness (QED) is 0.295. The zero-order valence-corrected chi connectivity index (χ0v) is 17.8. The molecule has 31 heavy (non-hydrogen) atoms. The van der Waals surface area contributed by atoms with Crippen molar-refractivity contribution < 1.29 is 19.2 Å². The number of nitro groups is 1. The van der Waals surface area contributed by atoms with E-state index < -0.39 is 16.6 Å². The zero-order valence-electron chi connectivity index (χ0n) is 17.0. The maximum Gasteiger partial charge on any atom is 0.373 e. The van der Waals surface area contributed by atoms with E-state index in [9.17, 15) is 14.9 Å². The van der Waals surface area contributed by atoms with E-state index in [2.05, 4.69) is 15.3 Å². The number of esters is 1. The first-order valence-corrected chi connectivity index (χ1v) is 9.66. The molecule has 1 N–H and O–H groups in total. The van der Waals surface area contributed by atoms with Crippen LogP contribution in [0.5, 0.6) is 11.6 Å². The number of aryl methyl sites for hydroxylation is 2. The summed E-state index contributed by atoms with van der Waals surface area (Å²) in [6.07, 6.45) is 1.16. The second-order valence-electron chi connectivity index (χ2n) is 6.53. The van der Waals surface area contributed by atoms with Crippen LogP contribution in [0.15, 0.2) is 42.7 Å². The molecule has 9 nitrogen and oxygen atoms in total. The topological polar surface area (TPSA) is 116 Å². The Hall–Kier alpha value is -3.72. The summed E-state index contributed by atoms with van der Waals surface area (Å²) in [6.45, 7) is 5.60. The van der Waals surface area contributed by atoms with E-state index in [4.69, 9.17) is 21.1 Å². The Balaban J connectivity index is 1.90. The molecule has 0 saturated heterocycles. The minimum atomic E-state index is -0.625. The first-order valence-electron chi connectivity index (χ1n) is 9.28. The second kappa shape index (κ2) is 9.40. The van der Waals surface area contributed by atoms with Crippen molar-refractivity contribution in [1.82, 2.24) is 9.97 Å². The molecule has 0 radical (unpaired) electrons. The molecule has 160 valence electrons. The van der Waals surface area contributed by atoms with Crippen LogP contribution in [0, 0.1) is 24.0 Å². The summed E-state index contributed by atoms with van der Waals surface area (Å²) in [5, 5.41) is 15.2. The number of rotatable bonds is 7. The van der Waals surface area contributed by atoms with Crippen molar-refractivity contribution in [3.8, 4) is 11.6 Å². The molecule has 10 heteroatoms. The standard InChI is InChI=1S/C21H19ClN4O5/c1-4-30-21(27)14-5-7-15(8-6-14)25-19-18(26(28)29)20(24-11-23-19)31-16-9-12(2)17(22)13(3)10-16/h5-11H,4H2,1-3H3,(H,23,24,25). The highest BCUT2D eigenvalue weighted by atomic mass is 35.5. The van der Waals surface area contributed by atoms with Crippen LogP contribution in [0.1, 0.15) is 28.4 Å². The molecule has 0 spiro atoms. The predicted octanol–water partition coefficient (Wildman–Crippen LogP) is 5.37. The highest BCUT2D eigenvalue weighted by Crippen LogP contribution is 2.36. The number of carbonyl (C=O) groups excluding carboxylic acids is 1. The maximum absolute atomic E-state index is 11.8. The van der Waals surface area contributed by atoms with Crippen LogP contribution in [0.4, 0.5) is 17.2 Å². The van der Waals surface area contributed by atoms with Gasteiger partial charge in [-0.15, -0.1) is 0 Å². The molecule has 1 heterocycles. The molecule has 0 bridgehead atoms. The first-order chi connectivity index (χ1) is 14.8. The van der Waals surface area contributed by atoms with Gasteiger partial charge in [0.2, 0.25) is 5.82 Å². The molecule has 3 rings (SSSR count). The summed E-state index contributed by atoms with van der Waals surface area (Å²) < 4.78 is 10.6. The Bertz CT molecular complexity index is 1110. The van der Waals surface area contributed by atoms with E-state index in [1.165, 1.54) is 0 Å². The van der Waals surface area contributed by atoms with Gasteiger partial charge in [0.25, 0.3) is 0 Å². The average Bonchev–Trinajstić information content (AvgIpc) is 2.72. The van der Waals surface area contributed by atoms with Crippen molar-refractivity contribution in [1.29, 1.82) is 0 Å². The number of nitrogens with one attached hydrogen (secondary N) is 1. The van der Waals surface area contributed by atoms with Crippen LogP contribution in [-0.2, 0) is 4.74 Å². The number of nitrogens with zero attached hydrogens (tertiary/aromatic N) is 3. The SMILES string of the molecule is CCOC(=O)c1ccc(Nc2ncnc(Oc3cc(C)c(Cl)c(C)c3)c2[N+](=O)[O-])cc1. The fraction of sp³-hybridized carbons (Fsp3) is 0.190. The number of hydrogen-bond acceptors (Lipinski definition) is 8. The molecular weight excluding hydrogens is 424 g/mol. The largest absolute Gasteiger partial charge is 0.462 e. The molecule has 0 aliphatic carbocycles. The lowest BCUT2D eigenvalue weighted by Gasteiger charge is -2.11. The van der Waals surface area contributed by atoms with Gasteiger partial charge >= 0.3 is 17.5 Å². The van der Waals surface area contributed by atoms with E-state index in [1.54, 1.807) is 43.3 Å². The number of benzene rings is 2. The molecule has 0 aliphatic heterocycles. The molecule has 0 aliphatic rings. The molecule has 0 amide bonds. The van der Waals surface area contributed by atoms with Gasteiger partial charge in [-0.3, -0.25) is 10.1 Å². The van der Waals surface area contributed by atoms with Gasteiger partial charge < -0.3 is 14.8 Å². The molecular formula is C21H19ClN4O5. The van der Waals surface area contributed by atoms with Crippen LogP contribution in [0.2, 0.25) is 5.02 Å². The minimum absolute atomic E-state index is 0.0544. The van der Waals surface area contributed by atoms with Crippen molar-refractivity contribution in [2.75, 3.05) is 11.9 Å². The highest BCUT2D eigenvalue weighted by molar-refractivity contribution is 6.32. The van der Waals surface area contributed by atoms with Crippen LogP contribution < -0.4 is 10.1 Å². The summed E-state index contributed by atoms with van der Waals surface area (Å²) in [5.74, 6) is -0.356. The Morgan fingerprint density at radius 3 is 2.39 bits per heavy atom. The Morgan fingerprint density at radius 2 is 1.81 bits per heavy atom. The van der Waals surface area contributed by atoms with Crippen molar-refractivity contribution in [3.05, 3.63) is 74.6 Å². The van der Waals surface area contributed by atoms with Crippen molar-refractivity contribution in [2.45, 2.75) is 20.8 Å². The first kappa shape index (κ1) is 22.0. The van der Waals surface area contributed by atoms with Gasteiger partial charge in [0.15, 0.2) is 0 Å². The van der Waals surface area contributed by atoms with Crippen LogP contribution >= 0.6 is 11.6 Å². The lowest BCUT2D eigenvalue weighted by Crippen LogP contribution is -2.05. The lowest BCUT2D eigenvalue weighted by molar-refractivity contribution is -0.385. The van der Waals surface area contributed by atoms with Gasteiger partial charge in [0.05, 0.1) is 17.1 Å². The fourth-order valence-corrected chi connectivity index (χ4v) is 2.92. The summed E-state index contributed by atoms with van der Waals surface area (Å²) in [7, 11) is 0. The second-order valence-corrected chi connectivity index (χ2v) is 6.91. The molecule has 2 aromatic carbocycles. The monoisotopic (exact) mass is 442 g/mol. The van der Waals surface area contributed by atoms with Crippen molar-refractivity contribution in [2.24, 2.45) is 0 Å².